The average molecular weight is 278 g/mol. The molecule has 0 radical (unpaired) electrons. The molecule has 0 saturated carbocycles. The molecular weight excluding hydrogens is 267 g/mol. The van der Waals surface area contributed by atoms with Crippen molar-refractivity contribution in [3.05, 3.63) is 57.9 Å². The van der Waals surface area contributed by atoms with E-state index in [9.17, 15) is 19.3 Å². The number of hydrogen-bond donors (Lipinski definition) is 2. The highest BCUT2D eigenvalue weighted by atomic mass is 19.1. The van der Waals surface area contributed by atoms with Gasteiger partial charge in [0.15, 0.2) is 0 Å². The third-order valence-corrected chi connectivity index (χ3v) is 2.61. The molecule has 1 aromatic heterocycles. The highest BCUT2D eigenvalue weighted by Gasteiger charge is 2.16. The molecule has 0 saturated heterocycles. The molecule has 1 heterocycles. The number of non-ortho nitro benzene ring substituents is 1. The van der Waals surface area contributed by atoms with Crippen molar-refractivity contribution >= 4 is 11.6 Å². The quantitative estimate of drug-likeness (QED) is 0.638. The number of carbonyl (C=O) groups is 1. The summed E-state index contributed by atoms with van der Waals surface area (Å²) < 4.78 is 13.5. The molecule has 0 atom stereocenters. The zero-order valence-corrected chi connectivity index (χ0v) is 10.3. The Morgan fingerprint density at radius 1 is 1.50 bits per heavy atom. The van der Waals surface area contributed by atoms with Gasteiger partial charge in [-0.1, -0.05) is 0 Å². The first-order valence-corrected chi connectivity index (χ1v) is 5.78. The molecule has 2 rings (SSSR count). The largest absolute Gasteiger partial charge is 0.351 e. The van der Waals surface area contributed by atoms with Crippen LogP contribution in [0.4, 0.5) is 10.1 Å². The fourth-order valence-corrected chi connectivity index (χ4v) is 1.63. The second-order valence-corrected chi connectivity index (χ2v) is 3.96. The van der Waals surface area contributed by atoms with E-state index in [1.54, 1.807) is 12.4 Å². The number of benzene rings is 1. The molecule has 1 amide bonds. The maximum atomic E-state index is 13.5. The average Bonchev–Trinajstić information content (AvgIpc) is 2.92. The topological polar surface area (TPSA) is 101 Å². The number of amides is 1. The number of nitro benzene ring substituents is 1. The minimum absolute atomic E-state index is 0.245. The predicted octanol–water partition coefficient (Wildman–Crippen LogP) is 1.43. The summed E-state index contributed by atoms with van der Waals surface area (Å²) in [5.74, 6) is -0.811. The number of aromatic nitrogens is 2. The van der Waals surface area contributed by atoms with E-state index in [2.05, 4.69) is 15.3 Å². The van der Waals surface area contributed by atoms with E-state index in [4.69, 9.17) is 0 Å². The van der Waals surface area contributed by atoms with Crippen molar-refractivity contribution in [2.75, 3.05) is 6.54 Å². The van der Waals surface area contributed by atoms with Gasteiger partial charge in [-0.05, 0) is 6.07 Å². The van der Waals surface area contributed by atoms with E-state index in [1.807, 2.05) is 0 Å². The monoisotopic (exact) mass is 278 g/mol. The number of nitrogens with one attached hydrogen (secondary N) is 2. The lowest BCUT2D eigenvalue weighted by Gasteiger charge is -2.05. The Kier molecular flexibility index (Phi) is 4.04. The van der Waals surface area contributed by atoms with Crippen molar-refractivity contribution in [1.82, 2.24) is 15.3 Å². The van der Waals surface area contributed by atoms with Gasteiger partial charge >= 0.3 is 0 Å². The van der Waals surface area contributed by atoms with Gasteiger partial charge in [-0.25, -0.2) is 9.37 Å². The Hall–Kier alpha value is -2.77. The molecule has 0 spiro atoms. The summed E-state index contributed by atoms with van der Waals surface area (Å²) in [6.45, 7) is 0.245. The van der Waals surface area contributed by atoms with Crippen molar-refractivity contribution in [1.29, 1.82) is 0 Å². The molecule has 0 bridgehead atoms. The smallest absolute Gasteiger partial charge is 0.270 e. The van der Waals surface area contributed by atoms with E-state index in [0.717, 1.165) is 18.2 Å². The molecule has 0 unspecified atom stereocenters. The lowest BCUT2D eigenvalue weighted by atomic mass is 10.1. The van der Waals surface area contributed by atoms with Crippen LogP contribution in [-0.2, 0) is 6.42 Å². The molecule has 2 N–H and O–H groups in total. The second-order valence-electron chi connectivity index (χ2n) is 3.96. The van der Waals surface area contributed by atoms with Gasteiger partial charge < -0.3 is 10.3 Å². The molecule has 1 aromatic carbocycles. The van der Waals surface area contributed by atoms with Gasteiger partial charge in [-0.15, -0.1) is 0 Å². The molecule has 0 aliphatic rings. The molecule has 0 aliphatic carbocycles. The number of halogens is 1. The van der Waals surface area contributed by atoms with Gasteiger partial charge in [0.2, 0.25) is 0 Å². The van der Waals surface area contributed by atoms with Crippen LogP contribution in [0.25, 0.3) is 0 Å². The first-order chi connectivity index (χ1) is 9.58. The van der Waals surface area contributed by atoms with Crippen LogP contribution < -0.4 is 5.32 Å². The van der Waals surface area contributed by atoms with Crippen molar-refractivity contribution in [3.8, 4) is 0 Å². The standard InChI is InChI=1S/C12H11FN4O3/c13-10-2-1-8(17(19)20)7-9(10)12(18)16-4-3-11-14-5-6-15-11/h1-2,5-7H,3-4H2,(H,14,15)(H,16,18). The third-order valence-electron chi connectivity index (χ3n) is 2.61. The number of nitro groups is 1. The van der Waals surface area contributed by atoms with Crippen LogP contribution >= 0.6 is 0 Å². The normalized spacial score (nSPS) is 10.2. The summed E-state index contributed by atoms with van der Waals surface area (Å²) in [6.07, 6.45) is 3.68. The third kappa shape index (κ3) is 3.16. The summed E-state index contributed by atoms with van der Waals surface area (Å²) in [5.41, 5.74) is -0.679. The van der Waals surface area contributed by atoms with E-state index in [-0.39, 0.29) is 17.8 Å². The maximum absolute atomic E-state index is 13.5. The number of hydrogen-bond acceptors (Lipinski definition) is 4. The minimum atomic E-state index is -0.800. The Morgan fingerprint density at radius 2 is 2.30 bits per heavy atom. The van der Waals surface area contributed by atoms with Gasteiger partial charge in [0.05, 0.1) is 10.5 Å². The first kappa shape index (κ1) is 13.7. The van der Waals surface area contributed by atoms with E-state index in [0.29, 0.717) is 12.2 Å². The lowest BCUT2D eigenvalue weighted by Crippen LogP contribution is -2.26. The number of H-pyrrole nitrogens is 1. The van der Waals surface area contributed by atoms with Crippen LogP contribution in [0.1, 0.15) is 16.2 Å². The molecule has 2 aromatic rings. The van der Waals surface area contributed by atoms with Crippen LogP contribution in [0.2, 0.25) is 0 Å². The highest BCUT2D eigenvalue weighted by molar-refractivity contribution is 5.95. The number of nitrogens with zero attached hydrogens (tertiary/aromatic N) is 2. The molecule has 0 fully saturated rings. The van der Waals surface area contributed by atoms with E-state index >= 15 is 0 Å². The SMILES string of the molecule is O=C(NCCc1ncc[nH]1)c1cc([N+](=O)[O-])ccc1F. The summed E-state index contributed by atoms with van der Waals surface area (Å²) in [6, 6.07) is 2.83. The van der Waals surface area contributed by atoms with Crippen LogP contribution in [-0.4, -0.2) is 27.3 Å². The van der Waals surface area contributed by atoms with E-state index < -0.39 is 16.6 Å². The summed E-state index contributed by atoms with van der Waals surface area (Å²) in [5, 5.41) is 13.1. The van der Waals surface area contributed by atoms with Crippen LogP contribution in [0.15, 0.2) is 30.6 Å². The Labute approximate surface area is 113 Å². The van der Waals surface area contributed by atoms with Crippen molar-refractivity contribution < 1.29 is 14.1 Å². The Balaban J connectivity index is 2.01. The summed E-state index contributed by atoms with van der Waals surface area (Å²) >= 11 is 0. The van der Waals surface area contributed by atoms with Crippen LogP contribution in [0, 0.1) is 15.9 Å². The minimum Gasteiger partial charge on any atom is -0.351 e. The molecule has 7 nitrogen and oxygen atoms in total. The van der Waals surface area contributed by atoms with Gasteiger partial charge in [-0.3, -0.25) is 14.9 Å². The highest BCUT2D eigenvalue weighted by Crippen LogP contribution is 2.16. The van der Waals surface area contributed by atoms with Gasteiger partial charge in [0, 0.05) is 37.5 Å². The van der Waals surface area contributed by atoms with Crippen molar-refractivity contribution in [2.45, 2.75) is 6.42 Å². The van der Waals surface area contributed by atoms with Crippen molar-refractivity contribution in [3.63, 3.8) is 0 Å². The van der Waals surface area contributed by atoms with Gasteiger partial charge in [0.25, 0.3) is 11.6 Å². The van der Waals surface area contributed by atoms with Gasteiger partial charge in [0.1, 0.15) is 11.6 Å². The summed E-state index contributed by atoms with van der Waals surface area (Å²) in [4.78, 5) is 28.5. The molecular formula is C12H11FN4O3. The zero-order valence-electron chi connectivity index (χ0n) is 10.3. The van der Waals surface area contributed by atoms with Crippen LogP contribution in [0.5, 0.6) is 0 Å². The Morgan fingerprint density at radius 3 is 2.95 bits per heavy atom. The fourth-order valence-electron chi connectivity index (χ4n) is 1.63. The first-order valence-electron chi connectivity index (χ1n) is 5.78. The maximum Gasteiger partial charge on any atom is 0.270 e. The van der Waals surface area contributed by atoms with E-state index in [1.165, 1.54) is 0 Å². The number of rotatable bonds is 5. The molecule has 8 heteroatoms. The lowest BCUT2D eigenvalue weighted by molar-refractivity contribution is -0.384. The molecule has 20 heavy (non-hydrogen) atoms. The zero-order chi connectivity index (χ0) is 14.5. The number of aromatic amines is 1. The predicted molar refractivity (Wildman–Crippen MR) is 67.7 cm³/mol. The van der Waals surface area contributed by atoms with Crippen molar-refractivity contribution in [2.24, 2.45) is 0 Å². The molecule has 104 valence electrons. The fraction of sp³-hybridized carbons (Fsp3) is 0.167. The number of imidazole rings is 1. The van der Waals surface area contributed by atoms with Gasteiger partial charge in [-0.2, -0.15) is 0 Å². The number of carbonyl (C=O) groups excluding carboxylic acids is 1. The Bertz CT molecular complexity index is 628. The van der Waals surface area contributed by atoms with Crippen LogP contribution in [0.3, 0.4) is 0 Å². The summed E-state index contributed by atoms with van der Waals surface area (Å²) in [7, 11) is 0. The molecule has 0 aliphatic heterocycles. The second kappa shape index (κ2) is 5.91.